The Bertz CT molecular complexity index is 1390. The van der Waals surface area contributed by atoms with E-state index in [0.717, 1.165) is 36.3 Å². The molecule has 38 heavy (non-hydrogen) atoms. The summed E-state index contributed by atoms with van der Waals surface area (Å²) in [7, 11) is -0.509. The molecule has 0 unspecified atom stereocenters. The third-order valence-corrected chi connectivity index (χ3v) is 9.03. The standard InChI is InChI=1S/C29H35N3O5S/c1-29(2)20-31(16-17-32(29)19-21-8-10-23(11-9-21)28(34)35)27(24-6-5-7-25(33)18-24)22-12-14-26(15-13-22)38(36,37)30(3)4/h5-15,18,27,33H,16-17,19-20H2,1-4H3,(H,34,35)/t27-/m1/s1. The van der Waals surface area contributed by atoms with Crippen LogP contribution in [-0.2, 0) is 16.6 Å². The van der Waals surface area contributed by atoms with Gasteiger partial charge < -0.3 is 10.2 Å². The first-order valence-corrected chi connectivity index (χ1v) is 14.0. The number of phenols is 1. The van der Waals surface area contributed by atoms with E-state index in [9.17, 15) is 23.4 Å². The molecule has 1 aliphatic heterocycles. The Morgan fingerprint density at radius 1 is 0.974 bits per heavy atom. The summed E-state index contributed by atoms with van der Waals surface area (Å²) in [4.78, 5) is 16.2. The average Bonchev–Trinajstić information content (AvgIpc) is 2.86. The maximum Gasteiger partial charge on any atom is 0.335 e. The number of carboxylic acid groups (broad SMARTS) is 1. The van der Waals surface area contributed by atoms with Crippen molar-refractivity contribution in [1.82, 2.24) is 14.1 Å². The number of aromatic hydroxyl groups is 1. The van der Waals surface area contributed by atoms with Crippen molar-refractivity contribution in [2.24, 2.45) is 0 Å². The first kappa shape index (κ1) is 27.8. The molecule has 3 aromatic rings. The Morgan fingerprint density at radius 3 is 2.18 bits per heavy atom. The summed E-state index contributed by atoms with van der Waals surface area (Å²) >= 11 is 0. The third-order valence-electron chi connectivity index (χ3n) is 7.20. The van der Waals surface area contributed by atoms with Crippen LogP contribution in [0.5, 0.6) is 5.75 Å². The zero-order chi connectivity index (χ0) is 27.7. The average molecular weight is 538 g/mol. The van der Waals surface area contributed by atoms with Crippen molar-refractivity contribution in [3.05, 3.63) is 95.1 Å². The summed E-state index contributed by atoms with van der Waals surface area (Å²) in [5, 5.41) is 19.4. The van der Waals surface area contributed by atoms with Crippen molar-refractivity contribution in [3.8, 4) is 5.75 Å². The molecule has 4 rings (SSSR count). The van der Waals surface area contributed by atoms with Gasteiger partial charge in [-0.15, -0.1) is 0 Å². The fourth-order valence-electron chi connectivity index (χ4n) is 5.06. The molecule has 0 aliphatic carbocycles. The molecule has 0 radical (unpaired) electrons. The van der Waals surface area contributed by atoms with E-state index < -0.39 is 16.0 Å². The molecule has 1 atom stereocenters. The fraction of sp³-hybridized carbons (Fsp3) is 0.345. The van der Waals surface area contributed by atoms with Crippen molar-refractivity contribution >= 4 is 16.0 Å². The minimum absolute atomic E-state index is 0.172. The molecule has 1 aliphatic rings. The number of hydrogen-bond acceptors (Lipinski definition) is 6. The van der Waals surface area contributed by atoms with E-state index in [4.69, 9.17) is 0 Å². The number of carboxylic acids is 1. The second-order valence-corrected chi connectivity index (χ2v) is 12.7. The molecule has 0 aromatic heterocycles. The van der Waals surface area contributed by atoms with Gasteiger partial charge in [0, 0.05) is 45.8 Å². The van der Waals surface area contributed by atoms with Crippen LogP contribution in [-0.4, -0.2) is 78.0 Å². The van der Waals surface area contributed by atoms with Crippen LogP contribution in [0.1, 0.15) is 46.9 Å². The van der Waals surface area contributed by atoms with Crippen molar-refractivity contribution in [2.75, 3.05) is 33.7 Å². The third kappa shape index (κ3) is 5.91. The molecule has 9 heteroatoms. The topological polar surface area (TPSA) is 101 Å². The second kappa shape index (κ2) is 10.9. The van der Waals surface area contributed by atoms with E-state index >= 15 is 0 Å². The number of aromatic carboxylic acids is 1. The minimum atomic E-state index is -3.54. The minimum Gasteiger partial charge on any atom is -0.508 e. The van der Waals surface area contributed by atoms with Crippen LogP contribution < -0.4 is 0 Å². The quantitative estimate of drug-likeness (QED) is 0.447. The Kier molecular flexibility index (Phi) is 7.94. The summed E-state index contributed by atoms with van der Waals surface area (Å²) in [6, 6.07) is 21.0. The SMILES string of the molecule is CN(C)S(=O)(=O)c1ccc([C@H](c2cccc(O)c2)N2CCN(Cc3ccc(C(=O)O)cc3)C(C)(C)C2)cc1. The van der Waals surface area contributed by atoms with Crippen LogP contribution in [0.25, 0.3) is 0 Å². The van der Waals surface area contributed by atoms with Gasteiger partial charge in [-0.2, -0.15) is 0 Å². The van der Waals surface area contributed by atoms with Crippen molar-refractivity contribution in [1.29, 1.82) is 0 Å². The lowest BCUT2D eigenvalue weighted by Crippen LogP contribution is -2.59. The number of hydrogen-bond donors (Lipinski definition) is 2. The molecular formula is C29H35N3O5S. The molecule has 2 N–H and O–H groups in total. The number of rotatable bonds is 8. The lowest BCUT2D eigenvalue weighted by molar-refractivity contribution is 0.000907. The number of nitrogens with zero attached hydrogens (tertiary/aromatic N) is 3. The van der Waals surface area contributed by atoms with E-state index in [1.54, 1.807) is 36.4 Å². The zero-order valence-corrected chi connectivity index (χ0v) is 23.0. The molecule has 1 saturated heterocycles. The predicted molar refractivity (Wildman–Crippen MR) is 147 cm³/mol. The van der Waals surface area contributed by atoms with Crippen molar-refractivity contribution in [2.45, 2.75) is 36.9 Å². The summed E-state index contributed by atoms with van der Waals surface area (Å²) in [6.07, 6.45) is 0. The Hall–Kier alpha value is -3.24. The number of piperazine rings is 1. The van der Waals surface area contributed by atoms with Gasteiger partial charge in [0.25, 0.3) is 0 Å². The molecule has 0 bridgehead atoms. The van der Waals surface area contributed by atoms with E-state index in [2.05, 4.69) is 23.6 Å². The van der Waals surface area contributed by atoms with Gasteiger partial charge in [-0.25, -0.2) is 17.5 Å². The van der Waals surface area contributed by atoms with Gasteiger partial charge in [-0.05, 0) is 66.9 Å². The number of benzene rings is 3. The van der Waals surface area contributed by atoms with Gasteiger partial charge in [-0.3, -0.25) is 9.80 Å². The Labute approximate surface area is 224 Å². The van der Waals surface area contributed by atoms with Gasteiger partial charge in [0.1, 0.15) is 5.75 Å². The van der Waals surface area contributed by atoms with Crippen LogP contribution >= 0.6 is 0 Å². The lowest BCUT2D eigenvalue weighted by atomic mass is 9.91. The van der Waals surface area contributed by atoms with Gasteiger partial charge >= 0.3 is 5.97 Å². The van der Waals surface area contributed by atoms with E-state index in [-0.39, 0.29) is 27.8 Å². The normalized spacial score (nSPS) is 17.4. The fourth-order valence-corrected chi connectivity index (χ4v) is 5.96. The molecule has 0 spiro atoms. The maximum absolute atomic E-state index is 12.6. The van der Waals surface area contributed by atoms with Gasteiger partial charge in [0.05, 0.1) is 16.5 Å². The summed E-state index contributed by atoms with van der Waals surface area (Å²) < 4.78 is 26.4. The van der Waals surface area contributed by atoms with Crippen LogP contribution in [0.4, 0.5) is 0 Å². The maximum atomic E-state index is 12.6. The predicted octanol–water partition coefficient (Wildman–Crippen LogP) is 4.03. The monoisotopic (exact) mass is 537 g/mol. The first-order valence-electron chi connectivity index (χ1n) is 12.5. The number of sulfonamides is 1. The Morgan fingerprint density at radius 2 is 1.63 bits per heavy atom. The number of carbonyl (C=O) groups is 1. The van der Waals surface area contributed by atoms with Crippen LogP contribution in [0.15, 0.2) is 77.7 Å². The second-order valence-electron chi connectivity index (χ2n) is 10.6. The highest BCUT2D eigenvalue weighted by atomic mass is 32.2. The zero-order valence-electron chi connectivity index (χ0n) is 22.2. The smallest absolute Gasteiger partial charge is 0.335 e. The summed E-state index contributed by atoms with van der Waals surface area (Å²) in [5.41, 5.74) is 3.01. The molecule has 8 nitrogen and oxygen atoms in total. The van der Waals surface area contributed by atoms with Crippen LogP contribution in [0.3, 0.4) is 0 Å². The highest BCUT2D eigenvalue weighted by Gasteiger charge is 2.37. The summed E-state index contributed by atoms with van der Waals surface area (Å²) in [5.74, 6) is -0.752. The molecule has 1 fully saturated rings. The van der Waals surface area contributed by atoms with Crippen molar-refractivity contribution in [3.63, 3.8) is 0 Å². The molecule has 0 amide bonds. The van der Waals surface area contributed by atoms with E-state index in [0.29, 0.717) is 6.54 Å². The molecule has 3 aromatic carbocycles. The van der Waals surface area contributed by atoms with Gasteiger partial charge in [0.15, 0.2) is 0 Å². The Balaban J connectivity index is 1.61. The van der Waals surface area contributed by atoms with E-state index in [1.165, 1.54) is 18.4 Å². The molecule has 0 saturated carbocycles. The first-order chi connectivity index (χ1) is 17.9. The van der Waals surface area contributed by atoms with Gasteiger partial charge in [-0.1, -0.05) is 36.4 Å². The largest absolute Gasteiger partial charge is 0.508 e. The van der Waals surface area contributed by atoms with Crippen LogP contribution in [0, 0.1) is 0 Å². The van der Waals surface area contributed by atoms with E-state index in [1.807, 2.05) is 36.4 Å². The van der Waals surface area contributed by atoms with Gasteiger partial charge in [0.2, 0.25) is 10.0 Å². The lowest BCUT2D eigenvalue weighted by Gasteiger charge is -2.49. The van der Waals surface area contributed by atoms with Crippen molar-refractivity contribution < 1.29 is 23.4 Å². The highest BCUT2D eigenvalue weighted by molar-refractivity contribution is 7.89. The van der Waals surface area contributed by atoms with Crippen LogP contribution in [0.2, 0.25) is 0 Å². The molecular weight excluding hydrogens is 502 g/mol. The molecule has 202 valence electrons. The summed E-state index contributed by atoms with van der Waals surface area (Å²) in [6.45, 7) is 7.37. The number of phenolic OH excluding ortho intramolecular Hbond substituents is 1. The molecule has 1 heterocycles. The highest BCUT2D eigenvalue weighted by Crippen LogP contribution is 2.35.